The quantitative estimate of drug-likeness (QED) is 0.382. The lowest BCUT2D eigenvalue weighted by Crippen LogP contribution is -2.38. The summed E-state index contributed by atoms with van der Waals surface area (Å²) in [7, 11) is 0. The molecule has 1 atom stereocenters. The van der Waals surface area contributed by atoms with Crippen molar-refractivity contribution in [1.82, 2.24) is 10.6 Å². The Morgan fingerprint density at radius 2 is 1.80 bits per heavy atom. The SMILES string of the molecule is CCNC(=NCc1ccc(C#N)cc1)NC(C)c1ccc(Cl)cc1.I. The van der Waals surface area contributed by atoms with Crippen LogP contribution in [0.3, 0.4) is 0 Å². The molecule has 25 heavy (non-hydrogen) atoms. The predicted octanol–water partition coefficient (Wildman–Crippen LogP) is 4.65. The van der Waals surface area contributed by atoms with E-state index in [0.29, 0.717) is 12.1 Å². The Morgan fingerprint density at radius 1 is 1.16 bits per heavy atom. The molecule has 0 amide bonds. The number of guanidine groups is 1. The topological polar surface area (TPSA) is 60.2 Å². The van der Waals surface area contributed by atoms with Gasteiger partial charge in [0.15, 0.2) is 5.96 Å². The lowest BCUT2D eigenvalue weighted by atomic mass is 10.1. The van der Waals surface area contributed by atoms with Gasteiger partial charge < -0.3 is 10.6 Å². The minimum Gasteiger partial charge on any atom is -0.357 e. The maximum absolute atomic E-state index is 8.84. The van der Waals surface area contributed by atoms with Gasteiger partial charge in [0.05, 0.1) is 24.2 Å². The third-order valence-electron chi connectivity index (χ3n) is 3.57. The standard InChI is InChI=1S/C19H21ClN4.HI/c1-3-22-19(23-13-16-6-4-15(12-21)5-7-16)24-14(2)17-8-10-18(20)11-9-17;/h4-11,14H,3,13H2,1-2H3,(H2,22,23,24);1H. The fraction of sp³-hybridized carbons (Fsp3) is 0.263. The summed E-state index contributed by atoms with van der Waals surface area (Å²) in [5.74, 6) is 0.754. The molecule has 0 fully saturated rings. The highest BCUT2D eigenvalue weighted by atomic mass is 127. The molecule has 2 N–H and O–H groups in total. The molecule has 0 aliphatic carbocycles. The van der Waals surface area contributed by atoms with Gasteiger partial charge in [-0.15, -0.1) is 24.0 Å². The van der Waals surface area contributed by atoms with Crippen molar-refractivity contribution < 1.29 is 0 Å². The van der Waals surface area contributed by atoms with E-state index in [2.05, 4.69) is 28.6 Å². The van der Waals surface area contributed by atoms with Crippen molar-refractivity contribution in [2.45, 2.75) is 26.4 Å². The number of nitrogens with one attached hydrogen (secondary N) is 2. The van der Waals surface area contributed by atoms with Gasteiger partial charge in [0.25, 0.3) is 0 Å². The fourth-order valence-electron chi connectivity index (χ4n) is 2.21. The number of hydrogen-bond donors (Lipinski definition) is 2. The van der Waals surface area contributed by atoms with Gasteiger partial charge in [-0.3, -0.25) is 0 Å². The number of aliphatic imine (C=N–C) groups is 1. The summed E-state index contributed by atoms with van der Waals surface area (Å²) in [6.07, 6.45) is 0. The van der Waals surface area contributed by atoms with Crippen LogP contribution in [0.1, 0.15) is 36.6 Å². The minimum absolute atomic E-state index is 0. The first kappa shape index (κ1) is 21.3. The zero-order valence-corrected chi connectivity index (χ0v) is 17.4. The molecule has 0 aromatic heterocycles. The molecule has 0 aliphatic heterocycles. The number of benzene rings is 2. The van der Waals surface area contributed by atoms with E-state index in [-0.39, 0.29) is 30.0 Å². The Kier molecular flexibility index (Phi) is 9.32. The van der Waals surface area contributed by atoms with Gasteiger partial charge in [-0.25, -0.2) is 4.99 Å². The van der Waals surface area contributed by atoms with Crippen LogP contribution in [0, 0.1) is 11.3 Å². The molecule has 2 rings (SSSR count). The van der Waals surface area contributed by atoms with E-state index in [1.165, 1.54) is 0 Å². The van der Waals surface area contributed by atoms with Crippen molar-refractivity contribution in [3.05, 3.63) is 70.2 Å². The maximum atomic E-state index is 8.84. The monoisotopic (exact) mass is 468 g/mol. The van der Waals surface area contributed by atoms with E-state index >= 15 is 0 Å². The van der Waals surface area contributed by atoms with Gasteiger partial charge in [0, 0.05) is 11.6 Å². The summed E-state index contributed by atoms with van der Waals surface area (Å²) in [6.45, 7) is 5.45. The van der Waals surface area contributed by atoms with Crippen molar-refractivity contribution >= 4 is 41.5 Å². The Bertz CT molecular complexity index is 721. The molecule has 0 saturated carbocycles. The Hall–Kier alpha value is -1.78. The third kappa shape index (κ3) is 6.92. The van der Waals surface area contributed by atoms with Crippen molar-refractivity contribution in [1.29, 1.82) is 5.26 Å². The first-order chi connectivity index (χ1) is 11.6. The van der Waals surface area contributed by atoms with E-state index in [1.807, 2.05) is 55.5 Å². The van der Waals surface area contributed by atoms with Crippen LogP contribution >= 0.6 is 35.6 Å². The molecule has 132 valence electrons. The first-order valence-corrected chi connectivity index (χ1v) is 8.29. The van der Waals surface area contributed by atoms with E-state index in [9.17, 15) is 0 Å². The van der Waals surface area contributed by atoms with Gasteiger partial charge in [0.2, 0.25) is 0 Å². The molecule has 0 aliphatic rings. The molecule has 0 radical (unpaired) electrons. The fourth-order valence-corrected chi connectivity index (χ4v) is 2.34. The molecule has 2 aromatic carbocycles. The summed E-state index contributed by atoms with van der Waals surface area (Å²) in [4.78, 5) is 4.61. The largest absolute Gasteiger partial charge is 0.357 e. The zero-order valence-electron chi connectivity index (χ0n) is 14.3. The summed E-state index contributed by atoms with van der Waals surface area (Å²) in [5, 5.41) is 16.2. The molecule has 0 heterocycles. The second-order valence-corrected chi connectivity index (χ2v) is 5.86. The maximum Gasteiger partial charge on any atom is 0.192 e. The van der Waals surface area contributed by atoms with E-state index in [1.54, 1.807) is 0 Å². The van der Waals surface area contributed by atoms with Crippen molar-refractivity contribution in [3.63, 3.8) is 0 Å². The second kappa shape index (κ2) is 11.0. The molecular formula is C19H22ClIN4. The average molecular weight is 469 g/mol. The highest BCUT2D eigenvalue weighted by Gasteiger charge is 2.07. The predicted molar refractivity (Wildman–Crippen MR) is 114 cm³/mol. The molecule has 4 nitrogen and oxygen atoms in total. The van der Waals surface area contributed by atoms with Gasteiger partial charge in [-0.1, -0.05) is 35.9 Å². The Labute approximate surface area is 171 Å². The summed E-state index contributed by atoms with van der Waals surface area (Å²) >= 11 is 5.93. The second-order valence-electron chi connectivity index (χ2n) is 5.42. The Balaban J connectivity index is 0.00000312. The molecule has 6 heteroatoms. The molecule has 0 saturated heterocycles. The van der Waals surface area contributed by atoms with Gasteiger partial charge in [-0.05, 0) is 49.2 Å². The van der Waals surface area contributed by atoms with Crippen molar-refractivity contribution in [2.24, 2.45) is 4.99 Å². The van der Waals surface area contributed by atoms with Crippen LogP contribution in [0.15, 0.2) is 53.5 Å². The third-order valence-corrected chi connectivity index (χ3v) is 3.82. The van der Waals surface area contributed by atoms with E-state index in [0.717, 1.165) is 28.7 Å². The van der Waals surface area contributed by atoms with Crippen molar-refractivity contribution in [2.75, 3.05) is 6.54 Å². The lowest BCUT2D eigenvalue weighted by molar-refractivity contribution is 0.686. The van der Waals surface area contributed by atoms with Crippen LogP contribution in [0.4, 0.5) is 0 Å². The molecule has 2 aromatic rings. The van der Waals surface area contributed by atoms with Crippen molar-refractivity contribution in [3.8, 4) is 6.07 Å². The number of halogens is 2. The normalized spacial score (nSPS) is 11.8. The lowest BCUT2D eigenvalue weighted by Gasteiger charge is -2.18. The zero-order chi connectivity index (χ0) is 17.4. The van der Waals surface area contributed by atoms with Crippen LogP contribution in [0.25, 0.3) is 0 Å². The summed E-state index contributed by atoms with van der Waals surface area (Å²) in [6, 6.07) is 17.5. The Morgan fingerprint density at radius 3 is 2.36 bits per heavy atom. The summed E-state index contributed by atoms with van der Waals surface area (Å²) in [5.41, 5.74) is 2.86. The van der Waals surface area contributed by atoms with Gasteiger partial charge in [-0.2, -0.15) is 5.26 Å². The van der Waals surface area contributed by atoms with Crippen LogP contribution in [-0.4, -0.2) is 12.5 Å². The number of rotatable bonds is 5. The van der Waals surface area contributed by atoms with E-state index in [4.69, 9.17) is 16.9 Å². The van der Waals surface area contributed by atoms with Crippen LogP contribution in [0.5, 0.6) is 0 Å². The molecular weight excluding hydrogens is 447 g/mol. The smallest absolute Gasteiger partial charge is 0.192 e. The first-order valence-electron chi connectivity index (χ1n) is 7.91. The van der Waals surface area contributed by atoms with Crippen LogP contribution in [0.2, 0.25) is 5.02 Å². The molecule has 0 spiro atoms. The van der Waals surface area contributed by atoms with Crippen LogP contribution < -0.4 is 10.6 Å². The van der Waals surface area contributed by atoms with E-state index < -0.39 is 0 Å². The minimum atomic E-state index is 0. The number of nitrogens with zero attached hydrogens (tertiary/aromatic N) is 2. The molecule has 0 bridgehead atoms. The van der Waals surface area contributed by atoms with Gasteiger partial charge >= 0.3 is 0 Å². The van der Waals surface area contributed by atoms with Gasteiger partial charge in [0.1, 0.15) is 0 Å². The average Bonchev–Trinajstić information content (AvgIpc) is 2.61. The number of hydrogen-bond acceptors (Lipinski definition) is 2. The highest BCUT2D eigenvalue weighted by Crippen LogP contribution is 2.16. The van der Waals surface area contributed by atoms with Crippen LogP contribution in [-0.2, 0) is 6.54 Å². The summed E-state index contributed by atoms with van der Waals surface area (Å²) < 4.78 is 0. The molecule has 1 unspecified atom stereocenters. The highest BCUT2D eigenvalue weighted by molar-refractivity contribution is 14.0. The number of nitriles is 1.